The number of aryl methyl sites for hydroxylation is 2. The summed E-state index contributed by atoms with van der Waals surface area (Å²) in [5.41, 5.74) is 2.70. The number of ether oxygens (including phenoxy) is 2. The van der Waals surface area contributed by atoms with Crippen LogP contribution in [0.4, 0.5) is 4.79 Å². The number of alkyl carbamates (subject to hydrolysis) is 1. The maximum atomic E-state index is 11.7. The lowest BCUT2D eigenvalue weighted by Gasteiger charge is -2.14. The fourth-order valence-corrected chi connectivity index (χ4v) is 2.58. The lowest BCUT2D eigenvalue weighted by molar-refractivity contribution is -0.161. The quantitative estimate of drug-likeness (QED) is 0.390. The van der Waals surface area contributed by atoms with Crippen LogP contribution in [0.25, 0.3) is 10.9 Å². The van der Waals surface area contributed by atoms with Gasteiger partial charge >= 0.3 is 12.1 Å². The SMILES string of the molecule is CCn1c(C)cc2ccc(C(=N)NC(=O)OC(C)OC(C)=O)cc21. The molecule has 0 spiro atoms. The average molecular weight is 331 g/mol. The number of nitrogens with one attached hydrogen (secondary N) is 2. The second-order valence-corrected chi connectivity index (χ2v) is 5.39. The highest BCUT2D eigenvalue weighted by Gasteiger charge is 2.14. The first-order valence-corrected chi connectivity index (χ1v) is 7.65. The number of amidine groups is 1. The van der Waals surface area contributed by atoms with Gasteiger partial charge in [-0.25, -0.2) is 4.79 Å². The Balaban J connectivity index is 2.11. The van der Waals surface area contributed by atoms with Crippen molar-refractivity contribution in [3.63, 3.8) is 0 Å². The molecule has 1 aromatic heterocycles. The third-order valence-corrected chi connectivity index (χ3v) is 3.55. The highest BCUT2D eigenvalue weighted by Crippen LogP contribution is 2.21. The molecular weight excluding hydrogens is 310 g/mol. The molecule has 1 unspecified atom stereocenters. The molecule has 24 heavy (non-hydrogen) atoms. The van der Waals surface area contributed by atoms with Crippen molar-refractivity contribution in [1.29, 1.82) is 5.41 Å². The van der Waals surface area contributed by atoms with Gasteiger partial charge in [-0.2, -0.15) is 0 Å². The van der Waals surface area contributed by atoms with Crippen molar-refractivity contribution in [1.82, 2.24) is 9.88 Å². The van der Waals surface area contributed by atoms with E-state index in [1.807, 2.05) is 19.1 Å². The predicted octanol–water partition coefficient (Wildman–Crippen LogP) is 2.93. The van der Waals surface area contributed by atoms with Crippen molar-refractivity contribution in [2.75, 3.05) is 0 Å². The van der Waals surface area contributed by atoms with Gasteiger partial charge in [0, 0.05) is 37.2 Å². The molecule has 0 aliphatic carbocycles. The first kappa shape index (κ1) is 17.5. The van der Waals surface area contributed by atoms with Crippen LogP contribution < -0.4 is 5.32 Å². The molecular formula is C17H21N3O4. The first-order chi connectivity index (χ1) is 11.3. The number of amides is 1. The number of fused-ring (bicyclic) bond motifs is 1. The van der Waals surface area contributed by atoms with Crippen LogP contribution in [-0.2, 0) is 20.8 Å². The Morgan fingerprint density at radius 3 is 2.62 bits per heavy atom. The normalized spacial score (nSPS) is 11.8. The molecule has 1 atom stereocenters. The third-order valence-electron chi connectivity index (χ3n) is 3.55. The lowest BCUT2D eigenvalue weighted by atomic mass is 10.1. The van der Waals surface area contributed by atoms with Crippen LogP contribution >= 0.6 is 0 Å². The molecule has 1 amide bonds. The first-order valence-electron chi connectivity index (χ1n) is 7.65. The van der Waals surface area contributed by atoms with Gasteiger partial charge < -0.3 is 14.0 Å². The van der Waals surface area contributed by atoms with Crippen molar-refractivity contribution in [2.24, 2.45) is 0 Å². The van der Waals surface area contributed by atoms with Gasteiger partial charge in [-0.15, -0.1) is 0 Å². The minimum absolute atomic E-state index is 0.0848. The van der Waals surface area contributed by atoms with Gasteiger partial charge in [0.25, 0.3) is 0 Å². The summed E-state index contributed by atoms with van der Waals surface area (Å²) in [4.78, 5) is 22.5. The van der Waals surface area contributed by atoms with Crippen LogP contribution in [-0.4, -0.2) is 28.8 Å². The molecule has 0 bridgehead atoms. The molecule has 0 aliphatic rings. The second kappa shape index (κ2) is 7.16. The number of rotatable bonds is 4. The summed E-state index contributed by atoms with van der Waals surface area (Å²) in [7, 11) is 0. The fourth-order valence-electron chi connectivity index (χ4n) is 2.58. The summed E-state index contributed by atoms with van der Waals surface area (Å²) in [6.07, 6.45) is -1.87. The van der Waals surface area contributed by atoms with Gasteiger partial charge in [-0.3, -0.25) is 15.5 Å². The van der Waals surface area contributed by atoms with Crippen LogP contribution in [0, 0.1) is 12.3 Å². The number of aromatic nitrogens is 1. The lowest BCUT2D eigenvalue weighted by Crippen LogP contribution is -2.34. The van der Waals surface area contributed by atoms with Gasteiger partial charge in [-0.1, -0.05) is 12.1 Å². The average Bonchev–Trinajstić information content (AvgIpc) is 2.79. The van der Waals surface area contributed by atoms with E-state index in [1.165, 1.54) is 13.8 Å². The Kier molecular flexibility index (Phi) is 5.23. The van der Waals surface area contributed by atoms with Gasteiger partial charge in [-0.05, 0) is 31.4 Å². The van der Waals surface area contributed by atoms with Gasteiger partial charge in [0.05, 0.1) is 0 Å². The molecule has 7 heteroatoms. The van der Waals surface area contributed by atoms with Crippen molar-refractivity contribution < 1.29 is 19.1 Å². The van der Waals surface area contributed by atoms with Crippen molar-refractivity contribution >= 4 is 28.8 Å². The van der Waals surface area contributed by atoms with E-state index in [9.17, 15) is 9.59 Å². The molecule has 2 aromatic rings. The zero-order valence-electron chi connectivity index (χ0n) is 14.2. The summed E-state index contributed by atoms with van der Waals surface area (Å²) >= 11 is 0. The summed E-state index contributed by atoms with van der Waals surface area (Å²) < 4.78 is 11.7. The number of carbonyl (C=O) groups is 2. The topological polar surface area (TPSA) is 93.4 Å². The van der Waals surface area contributed by atoms with E-state index in [1.54, 1.807) is 6.07 Å². The number of nitrogens with zero attached hydrogens (tertiary/aromatic N) is 1. The van der Waals surface area contributed by atoms with Gasteiger partial charge in [0.1, 0.15) is 5.84 Å². The van der Waals surface area contributed by atoms with E-state index in [2.05, 4.69) is 22.9 Å². The molecule has 0 aliphatic heterocycles. The molecule has 2 N–H and O–H groups in total. The zero-order valence-corrected chi connectivity index (χ0v) is 14.2. The predicted molar refractivity (Wildman–Crippen MR) is 90.0 cm³/mol. The summed E-state index contributed by atoms with van der Waals surface area (Å²) in [5, 5.41) is 11.4. The standard InChI is InChI=1S/C17H21N3O4/c1-5-20-10(2)8-13-6-7-14(9-15(13)20)16(18)19-17(22)24-12(4)23-11(3)21/h6-9,12H,5H2,1-4H3,(H2,18,19,22). The molecule has 128 valence electrons. The summed E-state index contributed by atoms with van der Waals surface area (Å²) in [5.74, 6) is -0.634. The van der Waals surface area contributed by atoms with Crippen LogP contribution in [0.3, 0.4) is 0 Å². The van der Waals surface area contributed by atoms with Crippen LogP contribution in [0.5, 0.6) is 0 Å². The summed E-state index contributed by atoms with van der Waals surface area (Å²) in [6.45, 7) is 7.55. The van der Waals surface area contributed by atoms with Gasteiger partial charge in [0.2, 0.25) is 6.29 Å². The van der Waals surface area contributed by atoms with Crippen molar-refractivity contribution in [2.45, 2.75) is 40.5 Å². The number of hydrogen-bond acceptors (Lipinski definition) is 5. The third kappa shape index (κ3) is 3.92. The highest BCUT2D eigenvalue weighted by atomic mass is 16.7. The number of esters is 1. The van der Waals surface area contributed by atoms with Crippen LogP contribution in [0.2, 0.25) is 0 Å². The van der Waals surface area contributed by atoms with E-state index < -0.39 is 18.4 Å². The molecule has 0 saturated carbocycles. The molecule has 1 aromatic carbocycles. The van der Waals surface area contributed by atoms with E-state index in [4.69, 9.17) is 14.9 Å². The zero-order chi connectivity index (χ0) is 17.9. The van der Waals surface area contributed by atoms with E-state index in [0.717, 1.165) is 23.1 Å². The van der Waals surface area contributed by atoms with Crippen molar-refractivity contribution in [3.05, 3.63) is 35.5 Å². The number of carbonyl (C=O) groups excluding carboxylic acids is 2. The van der Waals surface area contributed by atoms with Crippen LogP contribution in [0.15, 0.2) is 24.3 Å². The van der Waals surface area contributed by atoms with Crippen molar-refractivity contribution in [3.8, 4) is 0 Å². The molecule has 1 heterocycles. The largest absolute Gasteiger partial charge is 0.426 e. The smallest absolute Gasteiger partial charge is 0.415 e. The van der Waals surface area contributed by atoms with E-state index in [0.29, 0.717) is 5.56 Å². The second-order valence-electron chi connectivity index (χ2n) is 5.39. The van der Waals surface area contributed by atoms with Crippen LogP contribution in [0.1, 0.15) is 32.0 Å². The van der Waals surface area contributed by atoms with E-state index >= 15 is 0 Å². The Morgan fingerprint density at radius 1 is 1.29 bits per heavy atom. The Hall–Kier alpha value is -2.83. The highest BCUT2D eigenvalue weighted by molar-refractivity contribution is 6.06. The maximum Gasteiger partial charge on any atom is 0.415 e. The Bertz CT molecular complexity index is 794. The van der Waals surface area contributed by atoms with E-state index in [-0.39, 0.29) is 5.84 Å². The molecule has 0 radical (unpaired) electrons. The molecule has 0 fully saturated rings. The number of hydrogen-bond donors (Lipinski definition) is 2. The minimum atomic E-state index is -1.02. The Morgan fingerprint density at radius 2 is 2.00 bits per heavy atom. The minimum Gasteiger partial charge on any atom is -0.426 e. The molecule has 0 saturated heterocycles. The molecule has 7 nitrogen and oxygen atoms in total. The van der Waals surface area contributed by atoms with Gasteiger partial charge in [0.15, 0.2) is 0 Å². The Labute approximate surface area is 140 Å². The molecule has 2 rings (SSSR count). The number of benzene rings is 1. The monoisotopic (exact) mass is 331 g/mol. The maximum absolute atomic E-state index is 11.7. The fraction of sp³-hybridized carbons (Fsp3) is 0.353. The summed E-state index contributed by atoms with van der Waals surface area (Å²) in [6, 6.07) is 7.60.